The highest BCUT2D eigenvalue weighted by atomic mass is 35.5. The lowest BCUT2D eigenvalue weighted by atomic mass is 10.2. The minimum absolute atomic E-state index is 0.0978. The van der Waals surface area contributed by atoms with Gasteiger partial charge in [-0.25, -0.2) is 9.48 Å². The Morgan fingerprint density at radius 1 is 1.50 bits per heavy atom. The van der Waals surface area contributed by atoms with Crippen molar-refractivity contribution in [2.75, 3.05) is 0 Å². The molecule has 6 heteroatoms. The molecule has 0 spiro atoms. The third kappa shape index (κ3) is 1.90. The number of nitrogens with zero attached hydrogens (tertiary/aromatic N) is 3. The lowest BCUT2D eigenvalue weighted by Gasteiger charge is -2.04. The maximum absolute atomic E-state index is 10.7. The third-order valence-electron chi connectivity index (χ3n) is 2.13. The largest absolute Gasteiger partial charge is 0.476 e. The van der Waals surface area contributed by atoms with Gasteiger partial charge in [0.05, 0.1) is 11.9 Å². The molecule has 2 rings (SSSR count). The van der Waals surface area contributed by atoms with E-state index in [0.717, 1.165) is 5.56 Å². The van der Waals surface area contributed by atoms with E-state index in [2.05, 4.69) is 10.3 Å². The van der Waals surface area contributed by atoms with Crippen molar-refractivity contribution in [2.45, 2.75) is 6.92 Å². The zero-order chi connectivity index (χ0) is 11.7. The first-order chi connectivity index (χ1) is 7.58. The number of benzene rings is 1. The topological polar surface area (TPSA) is 68.0 Å². The predicted molar refractivity (Wildman–Crippen MR) is 58.1 cm³/mol. The molecule has 0 saturated heterocycles. The molecular weight excluding hydrogens is 230 g/mol. The second-order valence-corrected chi connectivity index (χ2v) is 3.72. The lowest BCUT2D eigenvalue weighted by molar-refractivity contribution is 0.0690. The van der Waals surface area contributed by atoms with Gasteiger partial charge in [0.15, 0.2) is 5.69 Å². The van der Waals surface area contributed by atoms with Gasteiger partial charge in [-0.2, -0.15) is 0 Å². The first kappa shape index (κ1) is 10.6. The molecule has 82 valence electrons. The molecule has 0 saturated carbocycles. The van der Waals surface area contributed by atoms with Gasteiger partial charge in [0.1, 0.15) is 0 Å². The smallest absolute Gasteiger partial charge is 0.358 e. The molecule has 1 N–H and O–H groups in total. The molecule has 5 nitrogen and oxygen atoms in total. The molecule has 1 aromatic heterocycles. The van der Waals surface area contributed by atoms with Crippen LogP contribution >= 0.6 is 11.6 Å². The number of halogens is 1. The Balaban J connectivity index is 2.50. The Hall–Kier alpha value is -1.88. The summed E-state index contributed by atoms with van der Waals surface area (Å²) < 4.78 is 1.39. The first-order valence-electron chi connectivity index (χ1n) is 4.50. The zero-order valence-corrected chi connectivity index (χ0v) is 9.14. The predicted octanol–water partition coefficient (Wildman–Crippen LogP) is 1.93. The standard InChI is InChI=1S/C10H8ClN3O2/c1-6-2-3-7(11)4-9(6)14-5-8(10(15)16)12-13-14/h2-5H,1H3,(H,15,16). The molecule has 0 aliphatic heterocycles. The van der Waals surface area contributed by atoms with Gasteiger partial charge in [-0.1, -0.05) is 22.9 Å². The van der Waals surface area contributed by atoms with Crippen LogP contribution in [0.15, 0.2) is 24.4 Å². The quantitative estimate of drug-likeness (QED) is 0.867. The molecule has 1 heterocycles. The van der Waals surface area contributed by atoms with Crippen LogP contribution in [0.3, 0.4) is 0 Å². The summed E-state index contributed by atoms with van der Waals surface area (Å²) in [6.07, 6.45) is 1.35. The van der Waals surface area contributed by atoms with Crippen LogP contribution in [0, 0.1) is 6.92 Å². The molecule has 0 atom stereocenters. The van der Waals surface area contributed by atoms with Gasteiger partial charge < -0.3 is 5.11 Å². The van der Waals surface area contributed by atoms with Crippen LogP contribution < -0.4 is 0 Å². The molecule has 0 unspecified atom stereocenters. The molecular formula is C10H8ClN3O2. The highest BCUT2D eigenvalue weighted by Crippen LogP contribution is 2.18. The second kappa shape index (κ2) is 3.94. The first-order valence-corrected chi connectivity index (χ1v) is 4.88. The van der Waals surface area contributed by atoms with Crippen LogP contribution in [0.1, 0.15) is 16.1 Å². The van der Waals surface area contributed by atoms with Gasteiger partial charge in [0.25, 0.3) is 0 Å². The van der Waals surface area contributed by atoms with E-state index in [1.54, 1.807) is 12.1 Å². The highest BCUT2D eigenvalue weighted by molar-refractivity contribution is 6.30. The zero-order valence-electron chi connectivity index (χ0n) is 8.38. The summed E-state index contributed by atoms with van der Waals surface area (Å²) in [5.41, 5.74) is 1.55. The van der Waals surface area contributed by atoms with Crippen molar-refractivity contribution in [3.63, 3.8) is 0 Å². The summed E-state index contributed by atoms with van der Waals surface area (Å²) in [6, 6.07) is 5.30. The van der Waals surface area contributed by atoms with Crippen LogP contribution in [0.4, 0.5) is 0 Å². The van der Waals surface area contributed by atoms with Crippen molar-refractivity contribution in [1.82, 2.24) is 15.0 Å². The van der Waals surface area contributed by atoms with E-state index < -0.39 is 5.97 Å². The number of hydrogen-bond donors (Lipinski definition) is 1. The molecule has 2 aromatic rings. The summed E-state index contributed by atoms with van der Waals surface area (Å²) in [4.78, 5) is 10.7. The van der Waals surface area contributed by atoms with Crippen molar-refractivity contribution < 1.29 is 9.90 Å². The van der Waals surface area contributed by atoms with Gasteiger partial charge in [-0.15, -0.1) is 5.10 Å². The van der Waals surface area contributed by atoms with Crippen molar-refractivity contribution in [1.29, 1.82) is 0 Å². The Labute approximate surface area is 96.3 Å². The summed E-state index contributed by atoms with van der Waals surface area (Å²) in [6.45, 7) is 1.88. The number of aromatic nitrogens is 3. The lowest BCUT2D eigenvalue weighted by Crippen LogP contribution is -1.98. The Kier molecular flexibility index (Phi) is 2.62. The van der Waals surface area contributed by atoms with Crippen LogP contribution in [-0.2, 0) is 0 Å². The van der Waals surface area contributed by atoms with Crippen molar-refractivity contribution >= 4 is 17.6 Å². The number of aryl methyl sites for hydroxylation is 1. The van der Waals surface area contributed by atoms with Crippen molar-refractivity contribution in [3.8, 4) is 5.69 Å². The van der Waals surface area contributed by atoms with E-state index in [0.29, 0.717) is 10.7 Å². The Morgan fingerprint density at radius 2 is 2.25 bits per heavy atom. The number of aromatic carboxylic acids is 1. The SMILES string of the molecule is Cc1ccc(Cl)cc1-n1cc(C(=O)O)nn1. The van der Waals surface area contributed by atoms with Crippen molar-refractivity contribution in [3.05, 3.63) is 40.7 Å². The minimum Gasteiger partial charge on any atom is -0.476 e. The monoisotopic (exact) mass is 237 g/mol. The summed E-state index contributed by atoms with van der Waals surface area (Å²) in [7, 11) is 0. The molecule has 0 radical (unpaired) electrons. The molecule has 0 amide bonds. The summed E-state index contributed by atoms with van der Waals surface area (Å²) in [5, 5.41) is 16.6. The Morgan fingerprint density at radius 3 is 2.88 bits per heavy atom. The van der Waals surface area contributed by atoms with E-state index in [4.69, 9.17) is 16.7 Å². The average molecular weight is 238 g/mol. The number of carboxylic acid groups (broad SMARTS) is 1. The third-order valence-corrected chi connectivity index (χ3v) is 2.37. The summed E-state index contributed by atoms with van der Waals surface area (Å²) >= 11 is 5.86. The van der Waals surface area contributed by atoms with E-state index >= 15 is 0 Å². The molecule has 0 fully saturated rings. The normalized spacial score (nSPS) is 10.4. The highest BCUT2D eigenvalue weighted by Gasteiger charge is 2.10. The number of hydrogen-bond acceptors (Lipinski definition) is 3. The van der Waals surface area contributed by atoms with E-state index in [1.165, 1.54) is 10.9 Å². The molecule has 0 bridgehead atoms. The van der Waals surface area contributed by atoms with Gasteiger partial charge in [0.2, 0.25) is 0 Å². The van der Waals surface area contributed by atoms with Gasteiger partial charge >= 0.3 is 5.97 Å². The number of carbonyl (C=O) groups is 1. The van der Waals surface area contributed by atoms with Crippen LogP contribution in [0.25, 0.3) is 5.69 Å². The van der Waals surface area contributed by atoms with Crippen LogP contribution in [-0.4, -0.2) is 26.1 Å². The molecule has 0 aliphatic rings. The number of carboxylic acids is 1. The van der Waals surface area contributed by atoms with E-state index in [1.807, 2.05) is 13.0 Å². The van der Waals surface area contributed by atoms with Gasteiger partial charge in [-0.05, 0) is 24.6 Å². The van der Waals surface area contributed by atoms with Gasteiger partial charge in [-0.3, -0.25) is 0 Å². The van der Waals surface area contributed by atoms with Crippen molar-refractivity contribution in [2.24, 2.45) is 0 Å². The summed E-state index contributed by atoms with van der Waals surface area (Å²) in [5.74, 6) is -1.11. The fourth-order valence-electron chi connectivity index (χ4n) is 1.31. The maximum Gasteiger partial charge on any atom is 0.358 e. The van der Waals surface area contributed by atoms with Gasteiger partial charge in [0, 0.05) is 5.02 Å². The Bertz CT molecular complexity index is 551. The average Bonchev–Trinajstić information content (AvgIpc) is 2.70. The molecule has 0 aliphatic carbocycles. The fourth-order valence-corrected chi connectivity index (χ4v) is 1.48. The van der Waals surface area contributed by atoms with E-state index in [9.17, 15) is 4.79 Å². The second-order valence-electron chi connectivity index (χ2n) is 3.28. The maximum atomic E-state index is 10.7. The minimum atomic E-state index is -1.11. The molecule has 16 heavy (non-hydrogen) atoms. The fraction of sp³-hybridized carbons (Fsp3) is 0.100. The van der Waals surface area contributed by atoms with Crippen LogP contribution in [0.5, 0.6) is 0 Å². The van der Waals surface area contributed by atoms with E-state index in [-0.39, 0.29) is 5.69 Å². The number of rotatable bonds is 2. The molecule has 1 aromatic carbocycles. The van der Waals surface area contributed by atoms with Crippen LogP contribution in [0.2, 0.25) is 5.02 Å².